The van der Waals surface area contributed by atoms with E-state index in [2.05, 4.69) is 61.8 Å². The van der Waals surface area contributed by atoms with Gasteiger partial charge in [0.25, 0.3) is 0 Å². The number of piperidine rings is 1. The third kappa shape index (κ3) is 7.76. The molecule has 65 heavy (non-hydrogen) atoms. The molecule has 0 radical (unpaired) electrons. The van der Waals surface area contributed by atoms with Gasteiger partial charge >= 0.3 is 6.03 Å². The number of nitrogens with one attached hydrogen (secondary N) is 4. The zero-order valence-corrected chi connectivity index (χ0v) is 38.2. The molecule has 7 heterocycles. The first-order valence-electron chi connectivity index (χ1n) is 23.1. The highest BCUT2D eigenvalue weighted by Gasteiger charge is 2.73. The minimum absolute atomic E-state index is 0.0415. The molecule has 6 aliphatic rings. The van der Waals surface area contributed by atoms with E-state index in [4.69, 9.17) is 23.2 Å². The molecule has 2 aliphatic carbocycles. The summed E-state index contributed by atoms with van der Waals surface area (Å²) in [7, 11) is 0. The van der Waals surface area contributed by atoms with E-state index in [1.807, 2.05) is 28.8 Å². The maximum absolute atomic E-state index is 16.4. The molecule has 10 rings (SSSR count). The summed E-state index contributed by atoms with van der Waals surface area (Å²) in [6, 6.07) is 9.38. The molecule has 13 nitrogen and oxygen atoms in total. The fraction of sp³-hybridized carbons (Fsp3) is 0.510. The third-order valence-electron chi connectivity index (χ3n) is 15.5. The Morgan fingerprint density at radius 3 is 2.48 bits per heavy atom. The van der Waals surface area contributed by atoms with Gasteiger partial charge < -0.3 is 15.5 Å². The number of hydrogen-bond donors (Lipinski definition) is 4. The summed E-state index contributed by atoms with van der Waals surface area (Å²) in [5, 5.41) is 12.8. The summed E-state index contributed by atoms with van der Waals surface area (Å²) in [4.78, 5) is 66.5. The minimum Gasteiger partial charge on any atom is -0.352 e. The number of amides is 5. The van der Waals surface area contributed by atoms with E-state index < -0.39 is 34.8 Å². The molecule has 5 amide bonds. The number of carbonyl (C=O) groups excluding carboxylic acids is 4. The van der Waals surface area contributed by atoms with Gasteiger partial charge in [-0.2, -0.15) is 0 Å². The number of likely N-dealkylation sites (tertiary alicyclic amines) is 1. The number of rotatable bonds is 6. The van der Waals surface area contributed by atoms with Gasteiger partial charge in [0, 0.05) is 66.0 Å². The summed E-state index contributed by atoms with van der Waals surface area (Å²) in [6.45, 7) is 7.69. The Morgan fingerprint density at radius 2 is 1.72 bits per heavy atom. The number of carbonyl (C=O) groups is 4. The van der Waals surface area contributed by atoms with Gasteiger partial charge in [-0.3, -0.25) is 34.3 Å². The van der Waals surface area contributed by atoms with Gasteiger partial charge in [-0.15, -0.1) is 0 Å². The Kier molecular flexibility index (Phi) is 11.4. The van der Waals surface area contributed by atoms with E-state index in [1.54, 1.807) is 24.4 Å². The molecule has 4 aliphatic heterocycles. The molecular weight excluding hydrogens is 869 g/mol. The maximum Gasteiger partial charge on any atom is 0.329 e. The lowest BCUT2D eigenvalue weighted by Gasteiger charge is -2.50. The summed E-state index contributed by atoms with van der Waals surface area (Å²) in [5.74, 6) is 5.83. The van der Waals surface area contributed by atoms with Gasteiger partial charge in [-0.05, 0) is 130 Å². The van der Waals surface area contributed by atoms with Crippen molar-refractivity contribution < 1.29 is 23.6 Å². The Balaban J connectivity index is 0.794. The van der Waals surface area contributed by atoms with Crippen molar-refractivity contribution in [3.8, 4) is 11.8 Å². The second kappa shape index (κ2) is 17.0. The second-order valence-corrected chi connectivity index (χ2v) is 20.7. The molecule has 0 unspecified atom stereocenters. The van der Waals surface area contributed by atoms with E-state index in [9.17, 15) is 19.2 Å². The number of aromatic nitrogens is 3. The topological polar surface area (TPSA) is 153 Å². The van der Waals surface area contributed by atoms with Gasteiger partial charge in [-0.1, -0.05) is 55.0 Å². The van der Waals surface area contributed by atoms with Crippen LogP contribution in [0.4, 0.5) is 20.7 Å². The van der Waals surface area contributed by atoms with Crippen molar-refractivity contribution in [3.05, 3.63) is 87.7 Å². The number of urea groups is 1. The average molecular weight is 923 g/mol. The monoisotopic (exact) mass is 921 g/mol. The quantitative estimate of drug-likeness (QED) is 0.116. The van der Waals surface area contributed by atoms with Crippen molar-refractivity contribution in [2.45, 2.75) is 113 Å². The van der Waals surface area contributed by atoms with E-state index in [1.165, 1.54) is 11.1 Å². The molecule has 5 fully saturated rings. The third-order valence-corrected chi connectivity index (χ3v) is 16.0. The van der Waals surface area contributed by atoms with Crippen LogP contribution in [-0.2, 0) is 19.8 Å². The largest absolute Gasteiger partial charge is 0.352 e. The van der Waals surface area contributed by atoms with Crippen LogP contribution in [-0.4, -0.2) is 86.8 Å². The number of nitrogens with zero attached hydrogens (tertiary/aromatic N) is 5. The van der Waals surface area contributed by atoms with E-state index in [0.717, 1.165) is 82.1 Å². The van der Waals surface area contributed by atoms with Crippen molar-refractivity contribution in [1.82, 2.24) is 35.2 Å². The van der Waals surface area contributed by atoms with Gasteiger partial charge in [0.15, 0.2) is 16.6 Å². The SMILES string of the molecule is CC1(C)CCC2(CC1)N[C@@H](C(=O)NC1CCC(CN3CCC(C#Cc4cccn5c(N6CCC(=O)NC6=O)cnc45)CC3)CC1)[C@H](c1ccnc(Cl)c1F)[C@]21C(=O)Nc2cc(Cl)ccc21. The van der Waals surface area contributed by atoms with Crippen LogP contribution >= 0.6 is 23.2 Å². The molecule has 340 valence electrons. The Hall–Kier alpha value is -5.07. The van der Waals surface area contributed by atoms with Gasteiger partial charge in [0.1, 0.15) is 11.2 Å². The van der Waals surface area contributed by atoms with Gasteiger partial charge in [0.05, 0.1) is 17.8 Å². The molecule has 1 aromatic carbocycles. The molecule has 16 heteroatoms. The fourth-order valence-corrected chi connectivity index (χ4v) is 12.3. The summed E-state index contributed by atoms with van der Waals surface area (Å²) < 4.78 is 18.2. The fourth-order valence-electron chi connectivity index (χ4n) is 12.0. The number of benzene rings is 1. The first kappa shape index (κ1) is 43.8. The van der Waals surface area contributed by atoms with Crippen molar-refractivity contribution in [1.29, 1.82) is 0 Å². The van der Waals surface area contributed by atoms with Crippen LogP contribution in [0.25, 0.3) is 5.65 Å². The first-order chi connectivity index (χ1) is 31.2. The first-order valence-corrected chi connectivity index (χ1v) is 23.8. The molecule has 3 saturated heterocycles. The van der Waals surface area contributed by atoms with Gasteiger partial charge in [0.2, 0.25) is 17.7 Å². The number of pyridine rings is 2. The molecule has 4 N–H and O–H groups in total. The highest BCUT2D eigenvalue weighted by atomic mass is 35.5. The zero-order valence-electron chi connectivity index (χ0n) is 36.7. The molecule has 2 spiro atoms. The van der Waals surface area contributed by atoms with E-state index in [0.29, 0.717) is 47.5 Å². The Bertz CT molecular complexity index is 2640. The highest BCUT2D eigenvalue weighted by Crippen LogP contribution is 2.64. The number of imide groups is 1. The van der Waals surface area contributed by atoms with Crippen LogP contribution in [0.3, 0.4) is 0 Å². The highest BCUT2D eigenvalue weighted by molar-refractivity contribution is 6.31. The van der Waals surface area contributed by atoms with E-state index >= 15 is 4.39 Å². The molecule has 3 atom stereocenters. The molecule has 3 aromatic heterocycles. The van der Waals surface area contributed by atoms with Crippen LogP contribution in [0, 0.1) is 34.9 Å². The number of halogens is 3. The Morgan fingerprint density at radius 1 is 0.954 bits per heavy atom. The summed E-state index contributed by atoms with van der Waals surface area (Å²) in [5.41, 5.74) is 0.858. The smallest absolute Gasteiger partial charge is 0.329 e. The van der Waals surface area contributed by atoms with Crippen LogP contribution in [0.5, 0.6) is 0 Å². The van der Waals surface area contributed by atoms with Crippen molar-refractivity contribution in [2.75, 3.05) is 36.4 Å². The van der Waals surface area contributed by atoms with Crippen LogP contribution < -0.4 is 26.2 Å². The number of fused-ring (bicyclic) bond motifs is 4. The summed E-state index contributed by atoms with van der Waals surface area (Å²) >= 11 is 12.8. The Labute approximate surface area is 388 Å². The second-order valence-electron chi connectivity index (χ2n) is 19.9. The predicted octanol–water partition coefficient (Wildman–Crippen LogP) is 7.34. The number of anilines is 2. The normalized spacial score (nSPS) is 27.6. The number of imidazole rings is 1. The average Bonchev–Trinajstić information content (AvgIpc) is 3.94. The van der Waals surface area contributed by atoms with Crippen molar-refractivity contribution in [2.24, 2.45) is 17.3 Å². The lowest BCUT2D eigenvalue weighted by Crippen LogP contribution is -2.61. The molecular formula is C49H54Cl2FN9O4. The molecule has 0 bridgehead atoms. The lowest BCUT2D eigenvalue weighted by atomic mass is 9.53. The molecule has 2 saturated carbocycles. The molecule has 4 aromatic rings. The van der Waals surface area contributed by atoms with Crippen molar-refractivity contribution in [3.63, 3.8) is 0 Å². The van der Waals surface area contributed by atoms with E-state index in [-0.39, 0.29) is 52.2 Å². The van der Waals surface area contributed by atoms with Crippen LogP contribution in [0.2, 0.25) is 10.2 Å². The van der Waals surface area contributed by atoms with Crippen molar-refractivity contribution >= 4 is 64.1 Å². The van der Waals surface area contributed by atoms with Gasteiger partial charge in [-0.25, -0.2) is 19.2 Å². The minimum atomic E-state index is -1.32. The zero-order chi connectivity index (χ0) is 45.3. The lowest BCUT2D eigenvalue weighted by molar-refractivity contribution is -0.125. The number of hydrogen-bond acceptors (Lipinski definition) is 8. The van der Waals surface area contributed by atoms with Crippen LogP contribution in [0.15, 0.2) is 55.0 Å². The maximum atomic E-state index is 16.4. The predicted molar refractivity (Wildman–Crippen MR) is 246 cm³/mol. The van der Waals surface area contributed by atoms with Crippen LogP contribution in [0.1, 0.15) is 107 Å². The summed E-state index contributed by atoms with van der Waals surface area (Å²) in [6.07, 6.45) is 13.7. The standard InChI is InChI=1S/C49H54Cl2FN9O4/c1-47(2)17-19-48(20-18-47)49(35-12-9-32(50)26-36(35)56-45(49)64)39(34-13-21-53-42(51)40(34)52)41(58-48)44(63)55-33-10-6-30(7-11-33)28-59-23-14-29(15-24-59)5-8-31-4-3-22-60-38(27-54-43(31)60)61-25-16-37(62)57-46(61)65/h3-4,9,12-13,21-22,26-27,29-30,33,39,41,58H,6-7,10-11,14-20,23-25,28H2,1-2H3,(H,55,63)(H,56,64)(H,57,62,65)/t30?,33?,39-,41+,49+/m0/s1.